The largest absolute Gasteiger partial charge is 0.466 e. The lowest BCUT2D eigenvalue weighted by atomic mass is 9.98. The Morgan fingerprint density at radius 1 is 1.31 bits per heavy atom. The van der Waals surface area contributed by atoms with Gasteiger partial charge in [-0.3, -0.25) is 9.59 Å². The molecule has 0 spiro atoms. The monoisotopic (exact) mass is 206 g/mol. The third-order valence-electron chi connectivity index (χ3n) is 1.78. The highest BCUT2D eigenvalue weighted by Crippen LogP contribution is 2.15. The quantitative estimate of drug-likeness (QED) is 0.510. The zero-order chi connectivity index (χ0) is 10.4. The molecule has 0 rings (SSSR count). The van der Waals surface area contributed by atoms with Crippen LogP contribution in [0.1, 0.15) is 27.2 Å². The van der Waals surface area contributed by atoms with Crippen LogP contribution in [0.3, 0.4) is 0 Å². The second-order valence-corrected chi connectivity index (χ2v) is 3.47. The zero-order valence-electron chi connectivity index (χ0n) is 8.17. The molecule has 0 aromatic heterocycles. The van der Waals surface area contributed by atoms with E-state index in [0.29, 0.717) is 13.0 Å². The summed E-state index contributed by atoms with van der Waals surface area (Å²) in [7, 11) is 0. The van der Waals surface area contributed by atoms with Gasteiger partial charge in [-0.25, -0.2) is 0 Å². The second kappa shape index (κ2) is 5.97. The van der Waals surface area contributed by atoms with Crippen molar-refractivity contribution in [2.24, 2.45) is 11.8 Å². The summed E-state index contributed by atoms with van der Waals surface area (Å²) in [5, 5.41) is -0.406. The average Bonchev–Trinajstić information content (AvgIpc) is 2.04. The number of hydrogen-bond donors (Lipinski definition) is 0. The minimum Gasteiger partial charge on any atom is -0.466 e. The van der Waals surface area contributed by atoms with Crippen LogP contribution in [-0.2, 0) is 14.3 Å². The predicted octanol–water partition coefficient (Wildman–Crippen LogP) is 1.98. The minimum atomic E-state index is -0.406. The van der Waals surface area contributed by atoms with Crippen molar-refractivity contribution in [1.29, 1.82) is 0 Å². The van der Waals surface area contributed by atoms with E-state index in [-0.39, 0.29) is 17.8 Å². The molecule has 3 nitrogen and oxygen atoms in total. The van der Waals surface area contributed by atoms with Gasteiger partial charge in [0, 0.05) is 5.92 Å². The lowest BCUT2D eigenvalue weighted by Gasteiger charge is -2.12. The number of ether oxygens (including phenoxy) is 1. The van der Waals surface area contributed by atoms with Gasteiger partial charge in [0.25, 0.3) is 0 Å². The van der Waals surface area contributed by atoms with Gasteiger partial charge in [-0.15, -0.1) is 0 Å². The summed E-state index contributed by atoms with van der Waals surface area (Å²) in [5.41, 5.74) is 0. The molecule has 0 aliphatic rings. The molecule has 0 heterocycles. The SMILES string of the molecule is CCOC(=O)C(C)CC(C)C(=O)Cl. The van der Waals surface area contributed by atoms with Gasteiger partial charge < -0.3 is 4.74 Å². The molecule has 4 heteroatoms. The van der Waals surface area contributed by atoms with Crippen molar-refractivity contribution in [2.75, 3.05) is 6.61 Å². The number of esters is 1. The maximum absolute atomic E-state index is 11.1. The van der Waals surface area contributed by atoms with Gasteiger partial charge in [0.15, 0.2) is 0 Å². The van der Waals surface area contributed by atoms with Gasteiger partial charge in [0.2, 0.25) is 5.24 Å². The molecular weight excluding hydrogens is 192 g/mol. The molecule has 2 atom stereocenters. The first-order chi connectivity index (χ1) is 5.99. The number of rotatable bonds is 5. The van der Waals surface area contributed by atoms with Crippen molar-refractivity contribution in [3.8, 4) is 0 Å². The molecule has 0 radical (unpaired) electrons. The van der Waals surface area contributed by atoms with Crippen LogP contribution in [0.25, 0.3) is 0 Å². The molecule has 0 aliphatic heterocycles. The van der Waals surface area contributed by atoms with Crippen LogP contribution in [0, 0.1) is 11.8 Å². The number of hydrogen-bond acceptors (Lipinski definition) is 3. The number of halogens is 1. The van der Waals surface area contributed by atoms with Gasteiger partial charge in [-0.1, -0.05) is 13.8 Å². The molecule has 0 bridgehead atoms. The Bertz CT molecular complexity index is 191. The molecule has 2 unspecified atom stereocenters. The first kappa shape index (κ1) is 12.4. The standard InChI is InChI=1S/C9H15ClO3/c1-4-13-9(12)7(3)5-6(2)8(10)11/h6-7H,4-5H2,1-3H3. The van der Waals surface area contributed by atoms with Gasteiger partial charge in [0.1, 0.15) is 0 Å². The van der Waals surface area contributed by atoms with Crippen LogP contribution in [0.2, 0.25) is 0 Å². The van der Waals surface area contributed by atoms with Crippen molar-refractivity contribution in [3.63, 3.8) is 0 Å². The highest BCUT2D eigenvalue weighted by atomic mass is 35.5. The summed E-state index contributed by atoms with van der Waals surface area (Å²) in [5.74, 6) is -0.828. The van der Waals surface area contributed by atoms with E-state index in [1.54, 1.807) is 20.8 Å². The summed E-state index contributed by atoms with van der Waals surface area (Å²) in [6.07, 6.45) is 0.446. The van der Waals surface area contributed by atoms with Crippen LogP contribution < -0.4 is 0 Å². The lowest BCUT2D eigenvalue weighted by Crippen LogP contribution is -2.19. The average molecular weight is 207 g/mol. The Morgan fingerprint density at radius 3 is 2.23 bits per heavy atom. The lowest BCUT2D eigenvalue weighted by molar-refractivity contribution is -0.148. The minimum absolute atomic E-state index is 0.266. The molecule has 0 N–H and O–H groups in total. The molecule has 0 aliphatic carbocycles. The molecule has 0 fully saturated rings. The molecule has 0 saturated heterocycles. The summed E-state index contributed by atoms with van der Waals surface area (Å²) in [4.78, 5) is 21.8. The van der Waals surface area contributed by atoms with Crippen LogP contribution in [0.15, 0.2) is 0 Å². The fourth-order valence-electron chi connectivity index (χ4n) is 1.00. The van der Waals surface area contributed by atoms with E-state index in [4.69, 9.17) is 16.3 Å². The maximum Gasteiger partial charge on any atom is 0.308 e. The first-order valence-corrected chi connectivity index (χ1v) is 4.72. The third-order valence-corrected chi connectivity index (χ3v) is 2.16. The first-order valence-electron chi connectivity index (χ1n) is 4.35. The van der Waals surface area contributed by atoms with Gasteiger partial charge in [-0.05, 0) is 24.9 Å². The van der Waals surface area contributed by atoms with Crippen molar-refractivity contribution in [2.45, 2.75) is 27.2 Å². The molecular formula is C9H15ClO3. The van der Waals surface area contributed by atoms with Crippen LogP contribution in [0.5, 0.6) is 0 Å². The highest BCUT2D eigenvalue weighted by molar-refractivity contribution is 6.63. The Kier molecular flexibility index (Phi) is 5.71. The van der Waals surface area contributed by atoms with Crippen LogP contribution in [-0.4, -0.2) is 17.8 Å². The molecule has 0 amide bonds. The summed E-state index contributed by atoms with van der Waals surface area (Å²) in [6, 6.07) is 0. The smallest absolute Gasteiger partial charge is 0.308 e. The summed E-state index contributed by atoms with van der Waals surface area (Å²) < 4.78 is 4.79. The Labute approximate surface area is 83.4 Å². The molecule has 0 saturated carbocycles. The Hall–Kier alpha value is -0.570. The Morgan fingerprint density at radius 2 is 1.85 bits per heavy atom. The van der Waals surface area contributed by atoms with Crippen molar-refractivity contribution < 1.29 is 14.3 Å². The van der Waals surface area contributed by atoms with E-state index in [0.717, 1.165) is 0 Å². The van der Waals surface area contributed by atoms with Crippen molar-refractivity contribution in [3.05, 3.63) is 0 Å². The predicted molar refractivity (Wildman–Crippen MR) is 50.4 cm³/mol. The molecule has 13 heavy (non-hydrogen) atoms. The Balaban J connectivity index is 3.92. The van der Waals surface area contributed by atoms with Gasteiger partial charge >= 0.3 is 5.97 Å². The highest BCUT2D eigenvalue weighted by Gasteiger charge is 2.20. The van der Waals surface area contributed by atoms with E-state index in [2.05, 4.69) is 0 Å². The van der Waals surface area contributed by atoms with E-state index in [1.807, 2.05) is 0 Å². The molecule has 76 valence electrons. The number of carbonyl (C=O) groups excluding carboxylic acids is 2. The van der Waals surface area contributed by atoms with Gasteiger partial charge in [0.05, 0.1) is 12.5 Å². The summed E-state index contributed by atoms with van der Waals surface area (Å²) in [6.45, 7) is 5.55. The van der Waals surface area contributed by atoms with E-state index in [1.165, 1.54) is 0 Å². The van der Waals surface area contributed by atoms with Crippen molar-refractivity contribution >= 4 is 22.8 Å². The van der Waals surface area contributed by atoms with E-state index >= 15 is 0 Å². The third kappa shape index (κ3) is 4.88. The van der Waals surface area contributed by atoms with Crippen LogP contribution in [0.4, 0.5) is 0 Å². The van der Waals surface area contributed by atoms with E-state index < -0.39 is 5.24 Å². The number of carbonyl (C=O) groups is 2. The maximum atomic E-state index is 11.1. The topological polar surface area (TPSA) is 43.4 Å². The summed E-state index contributed by atoms with van der Waals surface area (Å²) >= 11 is 5.26. The molecule has 0 aromatic carbocycles. The molecule has 0 aromatic rings. The van der Waals surface area contributed by atoms with Gasteiger partial charge in [-0.2, -0.15) is 0 Å². The van der Waals surface area contributed by atoms with Crippen LogP contribution >= 0.6 is 11.6 Å². The van der Waals surface area contributed by atoms with E-state index in [9.17, 15) is 9.59 Å². The second-order valence-electron chi connectivity index (χ2n) is 3.09. The normalized spacial score (nSPS) is 14.8. The van der Waals surface area contributed by atoms with Crippen molar-refractivity contribution in [1.82, 2.24) is 0 Å². The fourth-order valence-corrected chi connectivity index (χ4v) is 1.09. The zero-order valence-corrected chi connectivity index (χ0v) is 8.93. The fraction of sp³-hybridized carbons (Fsp3) is 0.778.